The first-order valence-electron chi connectivity index (χ1n) is 11.0. The molecule has 0 fully saturated rings. The van der Waals surface area contributed by atoms with Crippen LogP contribution in [0.3, 0.4) is 0 Å². The van der Waals surface area contributed by atoms with Gasteiger partial charge in [0, 0.05) is 30.3 Å². The second kappa shape index (κ2) is 10.5. The summed E-state index contributed by atoms with van der Waals surface area (Å²) in [6.45, 7) is 4.82. The molecule has 1 heterocycles. The molecule has 0 aliphatic carbocycles. The molecule has 180 valence electrons. The third-order valence-corrected chi connectivity index (χ3v) is 7.16. The van der Waals surface area contributed by atoms with Crippen LogP contribution >= 0.6 is 0 Å². The smallest absolute Gasteiger partial charge is 0.261 e. The fourth-order valence-corrected chi connectivity index (χ4v) is 4.96. The van der Waals surface area contributed by atoms with E-state index in [0.717, 1.165) is 0 Å². The fraction of sp³-hybridized carbons (Fsp3) is 0.458. The lowest BCUT2D eigenvalue weighted by molar-refractivity contribution is -0.134. The molecule has 9 heteroatoms. The topological polar surface area (TPSA) is 99.2 Å². The predicted molar refractivity (Wildman–Crippen MR) is 128 cm³/mol. The Hall–Kier alpha value is -2.62. The number of ether oxygens (including phenoxy) is 1. The van der Waals surface area contributed by atoms with E-state index >= 15 is 0 Å². The van der Waals surface area contributed by atoms with Crippen LogP contribution in [0.1, 0.15) is 19.4 Å². The number of sulfonamides is 1. The van der Waals surface area contributed by atoms with Crippen LogP contribution in [0.4, 0.5) is 5.69 Å². The Kier molecular flexibility index (Phi) is 7.99. The molecule has 3 rings (SSSR count). The number of benzene rings is 2. The number of aliphatic hydroxyl groups is 1. The molecule has 3 atom stereocenters. The Morgan fingerprint density at radius 3 is 2.55 bits per heavy atom. The van der Waals surface area contributed by atoms with Gasteiger partial charge >= 0.3 is 0 Å². The fourth-order valence-electron chi connectivity index (χ4n) is 3.88. The minimum atomic E-state index is -3.77. The summed E-state index contributed by atoms with van der Waals surface area (Å²) in [5.41, 5.74) is 0.952. The molecule has 0 bridgehead atoms. The maximum absolute atomic E-state index is 13.2. The SMILES string of the molecule is C[C@@H]1CN([C@H](C)CO)C(=O)Cc2cc(NS(=O)(=O)c3ccccc3)ccc2O[C@H]1CN(C)C. The molecule has 33 heavy (non-hydrogen) atoms. The third-order valence-electron chi connectivity index (χ3n) is 5.77. The first-order chi connectivity index (χ1) is 15.6. The number of anilines is 1. The maximum Gasteiger partial charge on any atom is 0.261 e. The molecular weight excluding hydrogens is 442 g/mol. The third kappa shape index (κ3) is 6.25. The van der Waals surface area contributed by atoms with E-state index in [4.69, 9.17) is 4.74 Å². The highest BCUT2D eigenvalue weighted by Crippen LogP contribution is 2.30. The van der Waals surface area contributed by atoms with Crippen LogP contribution in [0.25, 0.3) is 0 Å². The number of amides is 1. The standard InChI is InChI=1S/C24H33N3O5S/c1-17-14-27(18(2)16-28)24(29)13-19-12-20(10-11-22(19)32-23(17)15-26(3)4)25-33(30,31)21-8-6-5-7-9-21/h5-12,17-18,23,25,28H,13-16H2,1-4H3/t17-,18-,23+/m1/s1. The van der Waals surface area contributed by atoms with Gasteiger partial charge in [0.2, 0.25) is 5.91 Å². The van der Waals surface area contributed by atoms with Gasteiger partial charge in [-0.15, -0.1) is 0 Å². The maximum atomic E-state index is 13.2. The van der Waals surface area contributed by atoms with Crippen molar-refractivity contribution in [3.05, 3.63) is 54.1 Å². The second-order valence-electron chi connectivity index (χ2n) is 8.89. The average molecular weight is 476 g/mol. The molecule has 2 aromatic carbocycles. The number of nitrogens with zero attached hydrogens (tertiary/aromatic N) is 2. The lowest BCUT2D eigenvalue weighted by atomic mass is 10.0. The summed E-state index contributed by atoms with van der Waals surface area (Å²) >= 11 is 0. The molecule has 2 aromatic rings. The van der Waals surface area contributed by atoms with E-state index in [-0.39, 0.29) is 41.9 Å². The van der Waals surface area contributed by atoms with Gasteiger partial charge in [0.1, 0.15) is 11.9 Å². The number of carbonyl (C=O) groups is 1. The van der Waals surface area contributed by atoms with Crippen molar-refractivity contribution in [3.63, 3.8) is 0 Å². The van der Waals surface area contributed by atoms with Gasteiger partial charge in [-0.25, -0.2) is 8.42 Å². The largest absolute Gasteiger partial charge is 0.488 e. The molecule has 0 radical (unpaired) electrons. The highest BCUT2D eigenvalue weighted by atomic mass is 32.2. The molecule has 0 unspecified atom stereocenters. The Balaban J connectivity index is 1.97. The van der Waals surface area contributed by atoms with Gasteiger partial charge in [0.15, 0.2) is 0 Å². The van der Waals surface area contributed by atoms with Crippen molar-refractivity contribution in [1.29, 1.82) is 0 Å². The minimum absolute atomic E-state index is 0.0209. The van der Waals surface area contributed by atoms with Crippen LogP contribution < -0.4 is 9.46 Å². The van der Waals surface area contributed by atoms with Crippen LogP contribution in [0.5, 0.6) is 5.75 Å². The molecule has 0 spiro atoms. The van der Waals surface area contributed by atoms with E-state index in [2.05, 4.69) is 4.72 Å². The molecule has 0 aromatic heterocycles. The molecule has 2 N–H and O–H groups in total. The number of fused-ring (bicyclic) bond motifs is 1. The van der Waals surface area contributed by atoms with Crippen molar-refractivity contribution >= 4 is 21.6 Å². The summed E-state index contributed by atoms with van der Waals surface area (Å²) in [5, 5.41) is 9.70. The van der Waals surface area contributed by atoms with Crippen molar-refractivity contribution < 1.29 is 23.1 Å². The van der Waals surface area contributed by atoms with Crippen LogP contribution in [0.2, 0.25) is 0 Å². The Labute approximate surface area is 196 Å². The van der Waals surface area contributed by atoms with Crippen LogP contribution in [-0.4, -0.2) is 75.2 Å². The van der Waals surface area contributed by atoms with Gasteiger partial charge in [-0.2, -0.15) is 0 Å². The van der Waals surface area contributed by atoms with E-state index in [1.165, 1.54) is 12.1 Å². The Morgan fingerprint density at radius 2 is 1.91 bits per heavy atom. The molecule has 8 nitrogen and oxygen atoms in total. The average Bonchev–Trinajstić information content (AvgIpc) is 2.81. The van der Waals surface area contributed by atoms with Gasteiger partial charge in [-0.3, -0.25) is 9.52 Å². The molecule has 0 saturated heterocycles. The zero-order valence-electron chi connectivity index (χ0n) is 19.6. The molecular formula is C24H33N3O5S. The number of rotatable bonds is 7. The van der Waals surface area contributed by atoms with Gasteiger partial charge in [-0.05, 0) is 51.4 Å². The van der Waals surface area contributed by atoms with Crippen LogP contribution in [0.15, 0.2) is 53.4 Å². The molecule has 0 saturated carbocycles. The van der Waals surface area contributed by atoms with Gasteiger partial charge in [0.25, 0.3) is 10.0 Å². The van der Waals surface area contributed by atoms with Gasteiger partial charge in [-0.1, -0.05) is 25.1 Å². The normalized spacial score (nSPS) is 20.3. The van der Waals surface area contributed by atoms with Crippen molar-refractivity contribution in [1.82, 2.24) is 9.80 Å². The van der Waals surface area contributed by atoms with Crippen LogP contribution in [-0.2, 0) is 21.2 Å². The Bertz CT molecular complexity index is 1060. The lowest BCUT2D eigenvalue weighted by Gasteiger charge is -2.33. The van der Waals surface area contributed by atoms with E-state index in [1.807, 2.05) is 32.8 Å². The van der Waals surface area contributed by atoms with Crippen LogP contribution in [0, 0.1) is 5.92 Å². The number of carbonyl (C=O) groups excluding carboxylic acids is 1. The van der Waals surface area contributed by atoms with Crippen molar-refractivity contribution in [2.24, 2.45) is 5.92 Å². The molecule has 1 amide bonds. The van der Waals surface area contributed by atoms with E-state index in [9.17, 15) is 18.3 Å². The lowest BCUT2D eigenvalue weighted by Crippen LogP contribution is -2.47. The zero-order valence-corrected chi connectivity index (χ0v) is 20.4. The second-order valence-corrected chi connectivity index (χ2v) is 10.6. The summed E-state index contributed by atoms with van der Waals surface area (Å²) in [4.78, 5) is 17.1. The Morgan fingerprint density at radius 1 is 1.21 bits per heavy atom. The van der Waals surface area contributed by atoms with Crippen molar-refractivity contribution in [2.75, 3.05) is 38.5 Å². The molecule has 1 aliphatic rings. The molecule has 1 aliphatic heterocycles. The zero-order chi connectivity index (χ0) is 24.2. The number of aliphatic hydroxyl groups excluding tert-OH is 1. The number of likely N-dealkylation sites (N-methyl/N-ethyl adjacent to an activating group) is 1. The van der Waals surface area contributed by atoms with Gasteiger partial charge < -0.3 is 19.6 Å². The quantitative estimate of drug-likeness (QED) is 0.637. The number of nitrogens with one attached hydrogen (secondary N) is 1. The van der Waals surface area contributed by atoms with E-state index in [1.54, 1.807) is 41.3 Å². The predicted octanol–water partition coefficient (Wildman–Crippen LogP) is 2.20. The number of hydrogen-bond acceptors (Lipinski definition) is 6. The van der Waals surface area contributed by atoms with E-state index < -0.39 is 10.0 Å². The summed E-state index contributed by atoms with van der Waals surface area (Å²) < 4.78 is 34.5. The van der Waals surface area contributed by atoms with Crippen molar-refractivity contribution in [3.8, 4) is 5.75 Å². The monoisotopic (exact) mass is 475 g/mol. The summed E-state index contributed by atoms with van der Waals surface area (Å²) in [5.74, 6) is 0.442. The summed E-state index contributed by atoms with van der Waals surface area (Å²) in [7, 11) is 0.159. The number of hydrogen-bond donors (Lipinski definition) is 2. The van der Waals surface area contributed by atoms with Crippen molar-refractivity contribution in [2.45, 2.75) is 37.3 Å². The summed E-state index contributed by atoms with van der Waals surface area (Å²) in [6, 6.07) is 12.8. The van der Waals surface area contributed by atoms with Gasteiger partial charge in [0.05, 0.1) is 24.0 Å². The highest BCUT2D eigenvalue weighted by molar-refractivity contribution is 7.92. The highest BCUT2D eigenvalue weighted by Gasteiger charge is 2.31. The summed E-state index contributed by atoms with van der Waals surface area (Å²) in [6.07, 6.45) is -0.146. The van der Waals surface area contributed by atoms with E-state index in [0.29, 0.717) is 30.1 Å². The minimum Gasteiger partial charge on any atom is -0.488 e. The first kappa shape index (κ1) is 25.0. The first-order valence-corrected chi connectivity index (χ1v) is 12.5.